The van der Waals surface area contributed by atoms with Crippen molar-refractivity contribution in [1.82, 2.24) is 10.6 Å². The molecular formula is C27H34N2O6. The standard InChI is InChI=1S/C27H34N2O6/c1-5-27(17-34-4,24(31)32)29-23(30)14-26(2,3)16-28-25(33)35-15-22-20-12-8-6-10-18(20)19-11-7-9-13-21(19)22/h6-13,22H,5,14-17H2,1-4H3,(H,28,33)(H,29,30)(H,31,32). The fourth-order valence-corrected chi connectivity index (χ4v) is 4.51. The number of rotatable bonds is 11. The number of ether oxygens (including phenoxy) is 2. The maximum atomic E-state index is 12.6. The molecule has 1 unspecified atom stereocenters. The Morgan fingerprint density at radius 2 is 1.57 bits per heavy atom. The van der Waals surface area contributed by atoms with Gasteiger partial charge >= 0.3 is 12.1 Å². The maximum absolute atomic E-state index is 12.6. The molecule has 0 spiro atoms. The van der Waals surface area contributed by atoms with E-state index in [1.807, 2.05) is 38.1 Å². The van der Waals surface area contributed by atoms with Crippen LogP contribution in [0.2, 0.25) is 0 Å². The van der Waals surface area contributed by atoms with E-state index in [0.717, 1.165) is 22.3 Å². The van der Waals surface area contributed by atoms with Gasteiger partial charge in [-0.2, -0.15) is 0 Å². The normalized spacial score (nSPS) is 14.4. The Morgan fingerprint density at radius 1 is 1.00 bits per heavy atom. The number of carboxylic acid groups (broad SMARTS) is 1. The van der Waals surface area contributed by atoms with E-state index in [9.17, 15) is 19.5 Å². The molecule has 1 aliphatic rings. The topological polar surface area (TPSA) is 114 Å². The number of fused-ring (bicyclic) bond motifs is 3. The molecule has 2 aromatic rings. The number of nitrogens with one attached hydrogen (secondary N) is 2. The molecule has 35 heavy (non-hydrogen) atoms. The lowest BCUT2D eigenvalue weighted by atomic mass is 9.88. The first kappa shape index (κ1) is 26.2. The highest BCUT2D eigenvalue weighted by Gasteiger charge is 2.39. The smallest absolute Gasteiger partial charge is 0.407 e. The van der Waals surface area contributed by atoms with Crippen LogP contribution in [-0.2, 0) is 19.1 Å². The fraction of sp³-hybridized carbons (Fsp3) is 0.444. The van der Waals surface area contributed by atoms with Crippen LogP contribution in [0.4, 0.5) is 4.79 Å². The van der Waals surface area contributed by atoms with E-state index in [4.69, 9.17) is 9.47 Å². The number of amides is 2. The third-order valence-electron chi connectivity index (χ3n) is 6.48. The molecule has 0 radical (unpaired) electrons. The summed E-state index contributed by atoms with van der Waals surface area (Å²) in [6.07, 6.45) is -0.358. The van der Waals surface area contributed by atoms with Crippen molar-refractivity contribution in [3.8, 4) is 11.1 Å². The van der Waals surface area contributed by atoms with Gasteiger partial charge in [-0.25, -0.2) is 9.59 Å². The summed E-state index contributed by atoms with van der Waals surface area (Å²) in [5, 5.41) is 14.9. The molecule has 188 valence electrons. The number of carbonyl (C=O) groups is 3. The molecule has 0 aromatic heterocycles. The van der Waals surface area contributed by atoms with Crippen LogP contribution in [0.3, 0.4) is 0 Å². The molecule has 2 aromatic carbocycles. The second kappa shape index (κ2) is 10.9. The Bertz CT molecular complexity index is 1040. The van der Waals surface area contributed by atoms with Crippen LogP contribution in [0.15, 0.2) is 48.5 Å². The van der Waals surface area contributed by atoms with Crippen molar-refractivity contribution in [1.29, 1.82) is 0 Å². The van der Waals surface area contributed by atoms with E-state index in [0.29, 0.717) is 0 Å². The first-order valence-corrected chi connectivity index (χ1v) is 11.7. The van der Waals surface area contributed by atoms with Crippen molar-refractivity contribution < 1.29 is 29.0 Å². The molecule has 0 saturated heterocycles. The van der Waals surface area contributed by atoms with Crippen LogP contribution < -0.4 is 10.6 Å². The van der Waals surface area contributed by atoms with E-state index < -0.39 is 28.9 Å². The van der Waals surface area contributed by atoms with E-state index in [-0.39, 0.29) is 38.5 Å². The summed E-state index contributed by atoms with van der Waals surface area (Å²) in [6, 6.07) is 16.2. The zero-order valence-corrected chi connectivity index (χ0v) is 20.7. The third kappa shape index (κ3) is 6.00. The molecule has 1 aliphatic carbocycles. The first-order chi connectivity index (χ1) is 16.6. The van der Waals surface area contributed by atoms with Gasteiger partial charge in [0.1, 0.15) is 6.61 Å². The van der Waals surface area contributed by atoms with Gasteiger partial charge in [-0.3, -0.25) is 4.79 Å². The summed E-state index contributed by atoms with van der Waals surface area (Å²) < 4.78 is 10.6. The lowest BCUT2D eigenvalue weighted by molar-refractivity contribution is -0.150. The Balaban J connectivity index is 1.54. The highest BCUT2D eigenvalue weighted by Crippen LogP contribution is 2.44. The number of alkyl carbamates (subject to hydrolysis) is 1. The Morgan fingerprint density at radius 3 is 2.09 bits per heavy atom. The van der Waals surface area contributed by atoms with Gasteiger partial charge < -0.3 is 25.2 Å². The van der Waals surface area contributed by atoms with E-state index >= 15 is 0 Å². The minimum Gasteiger partial charge on any atom is -0.479 e. The zero-order chi connectivity index (χ0) is 25.6. The number of hydrogen-bond donors (Lipinski definition) is 3. The average Bonchev–Trinajstić information content (AvgIpc) is 3.14. The number of methoxy groups -OCH3 is 1. The number of carboxylic acids is 1. The second-order valence-electron chi connectivity index (χ2n) is 9.74. The molecule has 3 N–H and O–H groups in total. The largest absolute Gasteiger partial charge is 0.479 e. The molecule has 0 saturated carbocycles. The summed E-state index contributed by atoms with van der Waals surface area (Å²) in [5.74, 6) is -1.61. The van der Waals surface area contributed by atoms with Gasteiger partial charge in [-0.1, -0.05) is 69.3 Å². The molecule has 3 rings (SSSR count). The van der Waals surface area contributed by atoms with Gasteiger partial charge in [-0.05, 0) is 34.1 Å². The summed E-state index contributed by atoms with van der Waals surface area (Å²) >= 11 is 0. The highest BCUT2D eigenvalue weighted by atomic mass is 16.5. The van der Waals surface area contributed by atoms with Crippen molar-refractivity contribution in [3.63, 3.8) is 0 Å². The fourth-order valence-electron chi connectivity index (χ4n) is 4.51. The van der Waals surface area contributed by atoms with Crippen LogP contribution >= 0.6 is 0 Å². The minimum absolute atomic E-state index is 0.0232. The lowest BCUT2D eigenvalue weighted by Crippen LogP contribution is -2.58. The van der Waals surface area contributed by atoms with Gasteiger partial charge in [0.15, 0.2) is 5.54 Å². The third-order valence-corrected chi connectivity index (χ3v) is 6.48. The average molecular weight is 483 g/mol. The molecule has 0 aliphatic heterocycles. The number of hydrogen-bond acceptors (Lipinski definition) is 5. The second-order valence-corrected chi connectivity index (χ2v) is 9.74. The van der Waals surface area contributed by atoms with Crippen LogP contribution in [0.5, 0.6) is 0 Å². The molecule has 0 bridgehead atoms. The summed E-state index contributed by atoms with van der Waals surface area (Å²) in [7, 11) is 1.39. The molecule has 0 fully saturated rings. The van der Waals surface area contributed by atoms with Crippen molar-refractivity contribution in [3.05, 3.63) is 59.7 Å². The van der Waals surface area contributed by atoms with Gasteiger partial charge in [-0.15, -0.1) is 0 Å². The summed E-state index contributed by atoms with van der Waals surface area (Å²) in [4.78, 5) is 36.8. The molecule has 8 heteroatoms. The van der Waals surface area contributed by atoms with E-state index in [2.05, 4.69) is 34.9 Å². The minimum atomic E-state index is -1.48. The van der Waals surface area contributed by atoms with Crippen molar-refractivity contribution in [2.45, 2.75) is 45.1 Å². The van der Waals surface area contributed by atoms with Gasteiger partial charge in [0.05, 0.1) is 6.61 Å². The van der Waals surface area contributed by atoms with Gasteiger partial charge in [0.2, 0.25) is 5.91 Å². The number of carbonyl (C=O) groups excluding carboxylic acids is 2. The summed E-state index contributed by atoms with van der Waals surface area (Å²) in [5.41, 5.74) is 2.47. The first-order valence-electron chi connectivity index (χ1n) is 11.7. The van der Waals surface area contributed by atoms with Crippen molar-refractivity contribution in [2.24, 2.45) is 5.41 Å². The zero-order valence-electron chi connectivity index (χ0n) is 20.7. The lowest BCUT2D eigenvalue weighted by Gasteiger charge is -2.31. The van der Waals surface area contributed by atoms with E-state index in [1.165, 1.54) is 7.11 Å². The molecular weight excluding hydrogens is 448 g/mol. The quantitative estimate of drug-likeness (QED) is 0.447. The number of benzene rings is 2. The highest BCUT2D eigenvalue weighted by molar-refractivity contribution is 5.87. The van der Waals surface area contributed by atoms with E-state index in [1.54, 1.807) is 6.92 Å². The maximum Gasteiger partial charge on any atom is 0.407 e. The SMILES string of the molecule is CCC(COC)(NC(=O)CC(C)(C)CNC(=O)OCC1c2ccccc2-c2ccccc21)C(=O)O. The van der Waals surface area contributed by atoms with Crippen molar-refractivity contribution in [2.75, 3.05) is 26.9 Å². The Hall–Kier alpha value is -3.39. The molecule has 2 amide bonds. The van der Waals surface area contributed by atoms with Crippen LogP contribution in [-0.4, -0.2) is 55.5 Å². The molecule has 1 atom stereocenters. The Labute approximate surface area is 206 Å². The van der Waals surface area contributed by atoms with Crippen LogP contribution in [0.25, 0.3) is 11.1 Å². The predicted octanol–water partition coefficient (Wildman–Crippen LogP) is 3.94. The summed E-state index contributed by atoms with van der Waals surface area (Å²) in [6.45, 7) is 5.57. The van der Waals surface area contributed by atoms with Crippen molar-refractivity contribution >= 4 is 18.0 Å². The molecule has 0 heterocycles. The monoisotopic (exact) mass is 482 g/mol. The van der Waals surface area contributed by atoms with Crippen LogP contribution in [0, 0.1) is 5.41 Å². The van der Waals surface area contributed by atoms with Crippen LogP contribution in [0.1, 0.15) is 50.7 Å². The number of aliphatic carboxylic acids is 1. The van der Waals surface area contributed by atoms with Gasteiger partial charge in [0.25, 0.3) is 0 Å². The Kier molecular flexibility index (Phi) is 8.17. The molecule has 8 nitrogen and oxygen atoms in total. The predicted molar refractivity (Wildman–Crippen MR) is 132 cm³/mol. The van der Waals surface area contributed by atoms with Gasteiger partial charge in [0, 0.05) is 26.0 Å².